The van der Waals surface area contributed by atoms with E-state index in [0.717, 1.165) is 0 Å². The molecule has 0 aromatic heterocycles. The summed E-state index contributed by atoms with van der Waals surface area (Å²) < 4.78 is 0. The van der Waals surface area contributed by atoms with Crippen molar-refractivity contribution in [2.45, 2.75) is 47.1 Å². The van der Waals surface area contributed by atoms with Gasteiger partial charge in [0.2, 0.25) is 0 Å². The number of rotatable bonds is 2. The normalized spacial score (nSPS) is 15.4. The number of hydrogen-bond donors (Lipinski definition) is 1. The number of aliphatic hydroxyl groups excluding tert-OH is 1. The van der Waals surface area contributed by atoms with Gasteiger partial charge in [0.1, 0.15) is 0 Å². The summed E-state index contributed by atoms with van der Waals surface area (Å²) in [4.78, 5) is 0. The van der Waals surface area contributed by atoms with Gasteiger partial charge in [-0.2, -0.15) is 5.26 Å². The fourth-order valence-corrected chi connectivity index (χ4v) is 0.910. The minimum absolute atomic E-state index is 0.0769. The van der Waals surface area contributed by atoms with Gasteiger partial charge in [0.25, 0.3) is 0 Å². The molecule has 1 atom stereocenters. The van der Waals surface area contributed by atoms with Crippen molar-refractivity contribution in [3.63, 3.8) is 0 Å². The zero-order valence-electron chi connectivity index (χ0n) is 8.68. The molecule has 0 rings (SSSR count). The Kier molecular flexibility index (Phi) is 3.29. The van der Waals surface area contributed by atoms with Crippen LogP contribution in [-0.4, -0.2) is 11.2 Å². The molecule has 1 N–H and O–H groups in total. The van der Waals surface area contributed by atoms with Crippen LogP contribution in [0.3, 0.4) is 0 Å². The lowest BCUT2D eigenvalue weighted by atomic mass is 9.78. The van der Waals surface area contributed by atoms with Crippen molar-refractivity contribution in [2.24, 2.45) is 10.8 Å². The summed E-state index contributed by atoms with van der Waals surface area (Å²) >= 11 is 0. The van der Waals surface area contributed by atoms with Crippen LogP contribution in [0.5, 0.6) is 0 Å². The molecule has 70 valence electrons. The molecule has 0 aliphatic carbocycles. The van der Waals surface area contributed by atoms with E-state index in [1.165, 1.54) is 0 Å². The zero-order chi connectivity index (χ0) is 9.99. The van der Waals surface area contributed by atoms with Crippen LogP contribution in [0.4, 0.5) is 0 Å². The fourth-order valence-electron chi connectivity index (χ4n) is 0.910. The van der Waals surface area contributed by atoms with Crippen LogP contribution in [-0.2, 0) is 0 Å². The van der Waals surface area contributed by atoms with Crippen molar-refractivity contribution in [3.8, 4) is 6.07 Å². The summed E-state index contributed by atoms with van der Waals surface area (Å²) in [6.45, 7) is 9.71. The first-order valence-corrected chi connectivity index (χ1v) is 4.28. The third-order valence-electron chi connectivity index (χ3n) is 1.93. The Morgan fingerprint density at radius 1 is 1.25 bits per heavy atom. The van der Waals surface area contributed by atoms with Crippen molar-refractivity contribution < 1.29 is 5.11 Å². The van der Waals surface area contributed by atoms with E-state index in [9.17, 15) is 5.11 Å². The molecule has 0 radical (unpaired) electrons. The number of nitrogens with zero attached hydrogens (tertiary/aromatic N) is 1. The predicted octanol–water partition coefficient (Wildman–Crippen LogP) is 2.33. The Hall–Kier alpha value is -0.550. The van der Waals surface area contributed by atoms with Crippen LogP contribution in [0.15, 0.2) is 0 Å². The topological polar surface area (TPSA) is 44.0 Å². The van der Waals surface area contributed by atoms with Crippen molar-refractivity contribution in [1.82, 2.24) is 0 Å². The number of hydrogen-bond acceptors (Lipinski definition) is 2. The quantitative estimate of drug-likeness (QED) is 0.689. The van der Waals surface area contributed by atoms with Crippen LogP contribution < -0.4 is 0 Å². The summed E-state index contributed by atoms with van der Waals surface area (Å²) in [5.74, 6) is 0. The highest BCUT2D eigenvalue weighted by Gasteiger charge is 2.30. The highest BCUT2D eigenvalue weighted by molar-refractivity contribution is 4.98. The first-order valence-electron chi connectivity index (χ1n) is 4.28. The molecule has 0 amide bonds. The molecule has 0 heterocycles. The molecule has 0 fully saturated rings. The maximum absolute atomic E-state index is 9.69. The van der Waals surface area contributed by atoms with Gasteiger partial charge in [-0.15, -0.1) is 0 Å². The average Bonchev–Trinajstić information content (AvgIpc) is 1.84. The monoisotopic (exact) mass is 169 g/mol. The van der Waals surface area contributed by atoms with Gasteiger partial charge in [0.15, 0.2) is 0 Å². The van der Waals surface area contributed by atoms with Crippen molar-refractivity contribution >= 4 is 0 Å². The molecule has 0 aromatic carbocycles. The Bertz CT molecular complexity index is 183. The van der Waals surface area contributed by atoms with Gasteiger partial charge >= 0.3 is 0 Å². The zero-order valence-corrected chi connectivity index (χ0v) is 8.68. The van der Waals surface area contributed by atoms with E-state index in [2.05, 4.69) is 26.8 Å². The summed E-state index contributed by atoms with van der Waals surface area (Å²) in [7, 11) is 0. The lowest BCUT2D eigenvalue weighted by Gasteiger charge is -2.29. The average molecular weight is 169 g/mol. The molecule has 0 saturated carbocycles. The van der Waals surface area contributed by atoms with Gasteiger partial charge in [-0.25, -0.2) is 0 Å². The predicted molar refractivity (Wildman–Crippen MR) is 49.5 cm³/mol. The van der Waals surface area contributed by atoms with E-state index >= 15 is 0 Å². The first-order chi connectivity index (χ1) is 5.19. The van der Waals surface area contributed by atoms with Crippen LogP contribution in [0.25, 0.3) is 0 Å². The summed E-state index contributed by atoms with van der Waals surface area (Å²) in [5, 5.41) is 18.4. The molecule has 0 saturated heterocycles. The molecular formula is C10H19NO. The van der Waals surface area contributed by atoms with Crippen LogP contribution in [0.1, 0.15) is 41.0 Å². The molecule has 2 heteroatoms. The van der Waals surface area contributed by atoms with Crippen LogP contribution in [0.2, 0.25) is 0 Å². The Labute approximate surface area is 75.2 Å². The van der Waals surface area contributed by atoms with E-state index in [1.54, 1.807) is 13.8 Å². The molecule has 0 spiro atoms. The standard InChI is InChI=1S/C10H19NO/c1-9(2,3)6-8(12)10(4,5)7-11/h8,12H,6H2,1-5H3. The SMILES string of the molecule is CC(C)(C)CC(O)C(C)(C)C#N. The third kappa shape index (κ3) is 3.73. The summed E-state index contributed by atoms with van der Waals surface area (Å²) in [6.07, 6.45) is 0.121. The molecule has 2 nitrogen and oxygen atoms in total. The molecule has 0 bridgehead atoms. The number of nitriles is 1. The van der Waals surface area contributed by atoms with Gasteiger partial charge in [-0.3, -0.25) is 0 Å². The minimum Gasteiger partial charge on any atom is -0.391 e. The molecule has 1 unspecified atom stereocenters. The van der Waals surface area contributed by atoms with E-state index in [4.69, 9.17) is 5.26 Å². The van der Waals surface area contributed by atoms with Gasteiger partial charge in [-0.05, 0) is 25.7 Å². The van der Waals surface area contributed by atoms with Gasteiger partial charge < -0.3 is 5.11 Å². The Morgan fingerprint density at radius 2 is 1.67 bits per heavy atom. The number of aliphatic hydroxyl groups is 1. The second kappa shape index (κ2) is 3.45. The van der Waals surface area contributed by atoms with Gasteiger partial charge in [-0.1, -0.05) is 20.8 Å². The lowest BCUT2D eigenvalue weighted by Crippen LogP contribution is -2.31. The second-order valence-electron chi connectivity index (χ2n) is 5.11. The fraction of sp³-hybridized carbons (Fsp3) is 0.900. The Balaban J connectivity index is 4.25. The van der Waals surface area contributed by atoms with Crippen LogP contribution in [0, 0.1) is 22.2 Å². The minimum atomic E-state index is -0.632. The van der Waals surface area contributed by atoms with Crippen molar-refractivity contribution in [2.75, 3.05) is 0 Å². The maximum Gasteiger partial charge on any atom is 0.0776 e. The highest BCUT2D eigenvalue weighted by Crippen LogP contribution is 2.30. The summed E-state index contributed by atoms with van der Waals surface area (Å²) in [5.41, 5.74) is -0.555. The largest absolute Gasteiger partial charge is 0.391 e. The smallest absolute Gasteiger partial charge is 0.0776 e. The molecule has 12 heavy (non-hydrogen) atoms. The van der Waals surface area contributed by atoms with E-state index in [-0.39, 0.29) is 5.41 Å². The lowest BCUT2D eigenvalue weighted by molar-refractivity contribution is 0.0480. The molecule has 0 aliphatic rings. The molecule has 0 aliphatic heterocycles. The Morgan fingerprint density at radius 3 is 1.92 bits per heavy atom. The maximum atomic E-state index is 9.69. The highest BCUT2D eigenvalue weighted by atomic mass is 16.3. The van der Waals surface area contributed by atoms with Crippen LogP contribution >= 0.6 is 0 Å². The van der Waals surface area contributed by atoms with E-state index in [1.807, 2.05) is 0 Å². The van der Waals surface area contributed by atoms with E-state index in [0.29, 0.717) is 6.42 Å². The third-order valence-corrected chi connectivity index (χ3v) is 1.93. The van der Waals surface area contributed by atoms with Crippen molar-refractivity contribution in [1.29, 1.82) is 5.26 Å². The molecule has 0 aromatic rings. The van der Waals surface area contributed by atoms with Gasteiger partial charge in [0, 0.05) is 0 Å². The van der Waals surface area contributed by atoms with Gasteiger partial charge in [0.05, 0.1) is 17.6 Å². The summed E-state index contributed by atoms with van der Waals surface area (Å²) in [6, 6.07) is 2.11. The second-order valence-corrected chi connectivity index (χ2v) is 5.11. The van der Waals surface area contributed by atoms with E-state index < -0.39 is 11.5 Å². The first kappa shape index (κ1) is 11.4. The molecular weight excluding hydrogens is 150 g/mol. The van der Waals surface area contributed by atoms with Crippen molar-refractivity contribution in [3.05, 3.63) is 0 Å².